The topological polar surface area (TPSA) is 60.0 Å². The van der Waals surface area contributed by atoms with Crippen LogP contribution in [-0.2, 0) is 4.74 Å². The number of ether oxygens (including phenoxy) is 3. The fourth-order valence-electron chi connectivity index (χ4n) is 2.38. The highest BCUT2D eigenvalue weighted by atomic mass is 35.5. The first-order chi connectivity index (χ1) is 11.6. The maximum Gasteiger partial charge on any atom is 0.119 e. The van der Waals surface area contributed by atoms with Crippen LogP contribution in [0.25, 0.3) is 0 Å². The van der Waals surface area contributed by atoms with Crippen molar-refractivity contribution in [1.82, 2.24) is 5.32 Å². The van der Waals surface area contributed by atoms with E-state index in [1.807, 2.05) is 38.1 Å². The van der Waals surface area contributed by atoms with Gasteiger partial charge in [0.2, 0.25) is 0 Å². The third-order valence-electron chi connectivity index (χ3n) is 4.10. The predicted molar refractivity (Wildman–Crippen MR) is 102 cm³/mol. The van der Waals surface area contributed by atoms with Crippen molar-refractivity contribution in [3.8, 4) is 11.5 Å². The van der Waals surface area contributed by atoms with Gasteiger partial charge in [0.15, 0.2) is 0 Å². The first-order valence-corrected chi connectivity index (χ1v) is 8.98. The zero-order chi connectivity index (χ0) is 17.2. The largest absolute Gasteiger partial charge is 0.491 e. The zero-order valence-electron chi connectivity index (χ0n) is 15.3. The molecular formula is C19H32ClNO4. The van der Waals surface area contributed by atoms with Crippen molar-refractivity contribution in [2.24, 2.45) is 5.92 Å². The van der Waals surface area contributed by atoms with E-state index in [0.29, 0.717) is 25.8 Å². The molecule has 0 aliphatic heterocycles. The van der Waals surface area contributed by atoms with E-state index in [2.05, 4.69) is 5.32 Å². The minimum atomic E-state index is -0.517. The standard InChI is InChI=1S/C19H31NO4.ClH/c1-15(2)20-12-17(21)14-24-19-8-6-18(7-9-19)23-11-10-22-13-16-4-3-5-16;/h6-9,15-17,20-21H,3-5,10-14H2,1-2H3;1H. The van der Waals surface area contributed by atoms with Crippen LogP contribution in [0.5, 0.6) is 11.5 Å². The minimum absolute atomic E-state index is 0. The summed E-state index contributed by atoms with van der Waals surface area (Å²) in [5.41, 5.74) is 0. The molecule has 2 N–H and O–H groups in total. The Hall–Kier alpha value is -1.01. The molecule has 0 radical (unpaired) electrons. The Morgan fingerprint density at radius 1 is 1.08 bits per heavy atom. The molecule has 0 spiro atoms. The second kappa shape index (κ2) is 12.4. The van der Waals surface area contributed by atoms with Gasteiger partial charge in [-0.05, 0) is 43.0 Å². The molecule has 1 unspecified atom stereocenters. The molecule has 1 aromatic rings. The van der Waals surface area contributed by atoms with Gasteiger partial charge in [0.05, 0.1) is 6.61 Å². The summed E-state index contributed by atoms with van der Waals surface area (Å²) in [5.74, 6) is 2.30. The van der Waals surface area contributed by atoms with E-state index in [4.69, 9.17) is 14.2 Å². The molecule has 0 saturated heterocycles. The maximum atomic E-state index is 9.82. The molecule has 0 aromatic heterocycles. The van der Waals surface area contributed by atoms with Crippen molar-refractivity contribution < 1.29 is 19.3 Å². The summed E-state index contributed by atoms with van der Waals surface area (Å²) >= 11 is 0. The van der Waals surface area contributed by atoms with Gasteiger partial charge in [0, 0.05) is 19.2 Å². The highest BCUT2D eigenvalue weighted by Gasteiger charge is 2.16. The number of aliphatic hydroxyl groups is 1. The molecule has 144 valence electrons. The van der Waals surface area contributed by atoms with Crippen LogP contribution in [-0.4, -0.2) is 50.2 Å². The molecular weight excluding hydrogens is 342 g/mol. The van der Waals surface area contributed by atoms with E-state index in [1.54, 1.807) is 0 Å². The van der Waals surface area contributed by atoms with E-state index in [9.17, 15) is 5.11 Å². The molecule has 1 aromatic carbocycles. The Morgan fingerprint density at radius 2 is 1.72 bits per heavy atom. The molecule has 1 aliphatic rings. The SMILES string of the molecule is CC(C)NCC(O)COc1ccc(OCCOCC2CCC2)cc1.Cl. The van der Waals surface area contributed by atoms with E-state index in [0.717, 1.165) is 24.0 Å². The van der Waals surface area contributed by atoms with E-state index in [1.165, 1.54) is 19.3 Å². The van der Waals surface area contributed by atoms with Gasteiger partial charge in [-0.25, -0.2) is 0 Å². The lowest BCUT2D eigenvalue weighted by Crippen LogP contribution is -2.35. The van der Waals surface area contributed by atoms with E-state index < -0.39 is 6.10 Å². The van der Waals surface area contributed by atoms with Crippen LogP contribution in [0.3, 0.4) is 0 Å². The Kier molecular flexibility index (Phi) is 10.9. The average Bonchev–Trinajstić information content (AvgIpc) is 2.53. The normalized spacial score (nSPS) is 15.4. The Bertz CT molecular complexity index is 451. The van der Waals surface area contributed by atoms with Crippen LogP contribution >= 0.6 is 12.4 Å². The van der Waals surface area contributed by atoms with Gasteiger partial charge in [-0.15, -0.1) is 12.4 Å². The lowest BCUT2D eigenvalue weighted by atomic mass is 9.86. The first-order valence-electron chi connectivity index (χ1n) is 8.98. The van der Waals surface area contributed by atoms with Crippen molar-refractivity contribution in [2.75, 3.05) is 33.0 Å². The fraction of sp³-hybridized carbons (Fsp3) is 0.684. The number of rotatable bonds is 12. The molecule has 0 bridgehead atoms. The Morgan fingerprint density at radius 3 is 2.28 bits per heavy atom. The summed E-state index contributed by atoms with van der Waals surface area (Å²) in [6.45, 7) is 6.95. The van der Waals surface area contributed by atoms with Crippen LogP contribution in [0.2, 0.25) is 0 Å². The smallest absolute Gasteiger partial charge is 0.119 e. The minimum Gasteiger partial charge on any atom is -0.491 e. The number of hydrogen-bond donors (Lipinski definition) is 2. The Balaban J connectivity index is 0.00000312. The fourth-order valence-corrected chi connectivity index (χ4v) is 2.38. The van der Waals surface area contributed by atoms with Gasteiger partial charge in [-0.2, -0.15) is 0 Å². The van der Waals surface area contributed by atoms with Crippen molar-refractivity contribution >= 4 is 12.4 Å². The average molecular weight is 374 g/mol. The summed E-state index contributed by atoms with van der Waals surface area (Å²) in [7, 11) is 0. The summed E-state index contributed by atoms with van der Waals surface area (Å²) in [5, 5.41) is 13.0. The van der Waals surface area contributed by atoms with Gasteiger partial charge in [-0.1, -0.05) is 20.3 Å². The second-order valence-electron chi connectivity index (χ2n) is 6.72. The van der Waals surface area contributed by atoms with Crippen molar-refractivity contribution in [3.63, 3.8) is 0 Å². The molecule has 1 saturated carbocycles. The zero-order valence-corrected chi connectivity index (χ0v) is 16.1. The van der Waals surface area contributed by atoms with E-state index in [-0.39, 0.29) is 19.0 Å². The summed E-state index contributed by atoms with van der Waals surface area (Å²) in [6, 6.07) is 7.81. The van der Waals surface area contributed by atoms with Gasteiger partial charge in [-0.3, -0.25) is 0 Å². The molecule has 5 nitrogen and oxygen atoms in total. The molecule has 1 atom stereocenters. The molecule has 2 rings (SSSR count). The van der Waals surface area contributed by atoms with Gasteiger partial charge in [0.1, 0.15) is 30.8 Å². The molecule has 0 amide bonds. The van der Waals surface area contributed by atoms with Crippen LogP contribution in [0.1, 0.15) is 33.1 Å². The number of benzene rings is 1. The highest BCUT2D eigenvalue weighted by Crippen LogP contribution is 2.26. The quantitative estimate of drug-likeness (QED) is 0.551. The number of nitrogens with one attached hydrogen (secondary N) is 1. The monoisotopic (exact) mass is 373 g/mol. The van der Waals surface area contributed by atoms with E-state index >= 15 is 0 Å². The molecule has 1 fully saturated rings. The summed E-state index contributed by atoms with van der Waals surface area (Å²) in [4.78, 5) is 0. The molecule has 6 heteroatoms. The predicted octanol–water partition coefficient (Wildman–Crippen LogP) is 3.04. The third-order valence-corrected chi connectivity index (χ3v) is 4.10. The molecule has 0 heterocycles. The Labute approximate surface area is 157 Å². The van der Waals surface area contributed by atoms with Crippen LogP contribution in [0.4, 0.5) is 0 Å². The summed E-state index contributed by atoms with van der Waals surface area (Å²) in [6.07, 6.45) is 3.45. The maximum absolute atomic E-state index is 9.82. The van der Waals surface area contributed by atoms with Gasteiger partial charge >= 0.3 is 0 Å². The van der Waals surface area contributed by atoms with Crippen molar-refractivity contribution in [3.05, 3.63) is 24.3 Å². The highest BCUT2D eigenvalue weighted by molar-refractivity contribution is 5.85. The van der Waals surface area contributed by atoms with Gasteiger partial charge in [0.25, 0.3) is 0 Å². The lowest BCUT2D eigenvalue weighted by Gasteiger charge is -2.24. The second-order valence-corrected chi connectivity index (χ2v) is 6.72. The molecule has 1 aliphatic carbocycles. The van der Waals surface area contributed by atoms with Crippen molar-refractivity contribution in [1.29, 1.82) is 0 Å². The van der Waals surface area contributed by atoms with Crippen molar-refractivity contribution in [2.45, 2.75) is 45.3 Å². The third kappa shape index (κ3) is 9.31. The summed E-state index contributed by atoms with van der Waals surface area (Å²) < 4.78 is 16.8. The van der Waals surface area contributed by atoms with Crippen LogP contribution in [0, 0.1) is 5.92 Å². The first kappa shape index (κ1) is 22.0. The number of halogens is 1. The molecule has 25 heavy (non-hydrogen) atoms. The van der Waals surface area contributed by atoms with Gasteiger partial charge < -0.3 is 24.6 Å². The lowest BCUT2D eigenvalue weighted by molar-refractivity contribution is 0.0515. The van der Waals surface area contributed by atoms with Crippen LogP contribution in [0.15, 0.2) is 24.3 Å². The number of aliphatic hydroxyl groups excluding tert-OH is 1. The number of hydrogen-bond acceptors (Lipinski definition) is 5. The van der Waals surface area contributed by atoms with Crippen LogP contribution < -0.4 is 14.8 Å².